The highest BCUT2D eigenvalue weighted by atomic mass is 16.6. The van der Waals surface area contributed by atoms with Crippen molar-refractivity contribution >= 4 is 12.0 Å². The van der Waals surface area contributed by atoms with Crippen LogP contribution in [-0.4, -0.2) is 73.3 Å². The van der Waals surface area contributed by atoms with Gasteiger partial charge in [0, 0.05) is 19.1 Å². The van der Waals surface area contributed by atoms with Gasteiger partial charge in [-0.25, -0.2) is 9.48 Å². The lowest BCUT2D eigenvalue weighted by Crippen LogP contribution is -2.53. The molecule has 9 heteroatoms. The van der Waals surface area contributed by atoms with Crippen LogP contribution in [0.4, 0.5) is 4.79 Å². The normalized spacial score (nSPS) is 22.0. The molecule has 1 aromatic heterocycles. The minimum atomic E-state index is -0.277. The van der Waals surface area contributed by atoms with Gasteiger partial charge in [0.15, 0.2) is 0 Å². The van der Waals surface area contributed by atoms with E-state index in [0.717, 1.165) is 12.8 Å². The van der Waals surface area contributed by atoms with Crippen molar-refractivity contribution in [1.29, 1.82) is 0 Å². The van der Waals surface area contributed by atoms with Gasteiger partial charge in [0.2, 0.25) is 5.91 Å². The Hall–Kier alpha value is -2.19. The predicted molar refractivity (Wildman–Crippen MR) is 74.7 cm³/mol. The molecule has 0 saturated carbocycles. The molecule has 0 radical (unpaired) electrons. The molecule has 22 heavy (non-hydrogen) atoms. The first-order valence-electron chi connectivity index (χ1n) is 7.42. The number of amides is 2. The molecule has 0 unspecified atom stereocenters. The molecule has 0 atom stereocenters. The molecule has 0 aromatic carbocycles. The van der Waals surface area contributed by atoms with E-state index in [4.69, 9.17) is 4.74 Å². The average molecular weight is 308 g/mol. The highest BCUT2D eigenvalue weighted by Crippen LogP contribution is 2.30. The van der Waals surface area contributed by atoms with Crippen molar-refractivity contribution in [2.24, 2.45) is 0 Å². The lowest BCUT2D eigenvalue weighted by Gasteiger charge is -2.40. The fourth-order valence-electron chi connectivity index (χ4n) is 3.13. The lowest BCUT2D eigenvalue weighted by atomic mass is 9.97. The third kappa shape index (κ3) is 2.75. The van der Waals surface area contributed by atoms with Gasteiger partial charge >= 0.3 is 6.09 Å². The highest BCUT2D eigenvalue weighted by Gasteiger charge is 2.44. The Labute approximate surface area is 128 Å². The standard InChI is InChI=1S/C13H20N6O3/c1-13(2)8-22-12(21)19(13)10-3-5-17(6-4-10)11(20)7-18-9-14-15-16-18/h9-10H,3-8H2,1-2H3. The Bertz CT molecular complexity index is 550. The Morgan fingerprint density at radius 3 is 2.68 bits per heavy atom. The number of aromatic nitrogens is 4. The number of hydrogen-bond acceptors (Lipinski definition) is 6. The number of hydrogen-bond donors (Lipinski definition) is 0. The molecule has 3 rings (SSSR count). The molecule has 0 aliphatic carbocycles. The number of piperidine rings is 1. The maximum Gasteiger partial charge on any atom is 0.410 e. The van der Waals surface area contributed by atoms with E-state index in [1.54, 1.807) is 4.90 Å². The summed E-state index contributed by atoms with van der Waals surface area (Å²) in [4.78, 5) is 27.7. The van der Waals surface area contributed by atoms with Crippen LogP contribution in [0, 0.1) is 0 Å². The largest absolute Gasteiger partial charge is 0.447 e. The first-order valence-corrected chi connectivity index (χ1v) is 7.42. The van der Waals surface area contributed by atoms with Gasteiger partial charge < -0.3 is 9.64 Å². The summed E-state index contributed by atoms with van der Waals surface area (Å²) in [7, 11) is 0. The maximum atomic E-state index is 12.2. The van der Waals surface area contributed by atoms with Gasteiger partial charge in [0.1, 0.15) is 19.5 Å². The van der Waals surface area contributed by atoms with Crippen LogP contribution in [0.5, 0.6) is 0 Å². The van der Waals surface area contributed by atoms with Crippen LogP contribution in [-0.2, 0) is 16.1 Å². The van der Waals surface area contributed by atoms with Crippen molar-refractivity contribution in [3.8, 4) is 0 Å². The van der Waals surface area contributed by atoms with Gasteiger partial charge in [-0.15, -0.1) is 5.10 Å². The predicted octanol–water partition coefficient (Wildman–Crippen LogP) is -0.105. The molecule has 0 bridgehead atoms. The lowest BCUT2D eigenvalue weighted by molar-refractivity contribution is -0.133. The van der Waals surface area contributed by atoms with Crippen molar-refractivity contribution in [1.82, 2.24) is 30.0 Å². The molecule has 2 amide bonds. The van der Waals surface area contributed by atoms with Crippen LogP contribution < -0.4 is 0 Å². The van der Waals surface area contributed by atoms with E-state index in [2.05, 4.69) is 15.5 Å². The first-order chi connectivity index (χ1) is 10.5. The number of rotatable bonds is 3. The number of carbonyl (C=O) groups excluding carboxylic acids is 2. The smallest absolute Gasteiger partial charge is 0.410 e. The van der Waals surface area contributed by atoms with Crippen LogP contribution in [0.25, 0.3) is 0 Å². The second-order valence-corrected chi connectivity index (χ2v) is 6.36. The van der Waals surface area contributed by atoms with Crippen LogP contribution in [0.15, 0.2) is 6.33 Å². The summed E-state index contributed by atoms with van der Waals surface area (Å²) in [5.41, 5.74) is -0.277. The topological polar surface area (TPSA) is 93.5 Å². The molecule has 2 fully saturated rings. The van der Waals surface area contributed by atoms with Crippen LogP contribution in [0.2, 0.25) is 0 Å². The summed E-state index contributed by atoms with van der Waals surface area (Å²) in [6, 6.07) is 0.127. The second kappa shape index (κ2) is 5.54. The molecule has 9 nitrogen and oxygen atoms in total. The summed E-state index contributed by atoms with van der Waals surface area (Å²) in [5, 5.41) is 10.7. The van der Waals surface area contributed by atoms with Crippen LogP contribution in [0.1, 0.15) is 26.7 Å². The Kier molecular flexibility index (Phi) is 3.71. The minimum absolute atomic E-state index is 0.00555. The van der Waals surface area contributed by atoms with E-state index in [1.165, 1.54) is 11.0 Å². The third-order valence-corrected chi connectivity index (χ3v) is 4.27. The number of tetrazole rings is 1. The van der Waals surface area contributed by atoms with E-state index in [9.17, 15) is 9.59 Å². The highest BCUT2D eigenvalue weighted by molar-refractivity contribution is 5.76. The molecule has 2 aliphatic rings. The van der Waals surface area contributed by atoms with E-state index in [0.29, 0.717) is 19.7 Å². The van der Waals surface area contributed by atoms with E-state index in [-0.39, 0.29) is 30.1 Å². The van der Waals surface area contributed by atoms with Gasteiger partial charge in [-0.3, -0.25) is 9.69 Å². The van der Waals surface area contributed by atoms with E-state index >= 15 is 0 Å². The minimum Gasteiger partial charge on any atom is -0.447 e. The fraction of sp³-hybridized carbons (Fsp3) is 0.769. The van der Waals surface area contributed by atoms with Gasteiger partial charge in [-0.05, 0) is 37.1 Å². The SMILES string of the molecule is CC1(C)COC(=O)N1C1CCN(C(=O)Cn2cnnn2)CC1. The summed E-state index contributed by atoms with van der Waals surface area (Å²) in [6.07, 6.45) is 2.70. The number of ether oxygens (including phenoxy) is 1. The van der Waals surface area contributed by atoms with Gasteiger partial charge in [0.25, 0.3) is 0 Å². The summed E-state index contributed by atoms with van der Waals surface area (Å²) >= 11 is 0. The maximum absolute atomic E-state index is 12.2. The first kappa shape index (κ1) is 14.7. The number of likely N-dealkylation sites (tertiary alicyclic amines) is 1. The fourth-order valence-corrected chi connectivity index (χ4v) is 3.13. The second-order valence-electron chi connectivity index (χ2n) is 6.36. The van der Waals surface area contributed by atoms with E-state index in [1.807, 2.05) is 18.7 Å². The van der Waals surface area contributed by atoms with Crippen molar-refractivity contribution in [3.63, 3.8) is 0 Å². The molecule has 0 N–H and O–H groups in total. The van der Waals surface area contributed by atoms with Crippen molar-refractivity contribution in [2.75, 3.05) is 19.7 Å². The third-order valence-electron chi connectivity index (χ3n) is 4.27. The Morgan fingerprint density at radius 1 is 1.41 bits per heavy atom. The molecule has 3 heterocycles. The van der Waals surface area contributed by atoms with Crippen molar-refractivity contribution in [3.05, 3.63) is 6.33 Å². The Morgan fingerprint density at radius 2 is 2.14 bits per heavy atom. The zero-order valence-corrected chi connectivity index (χ0v) is 12.8. The molecular weight excluding hydrogens is 288 g/mol. The summed E-state index contributed by atoms with van der Waals surface area (Å²) in [6.45, 7) is 5.84. The summed E-state index contributed by atoms with van der Waals surface area (Å²) in [5.74, 6) is -0.00555. The number of cyclic esters (lactones) is 1. The van der Waals surface area contributed by atoms with Crippen LogP contribution in [0.3, 0.4) is 0 Å². The molecule has 120 valence electrons. The molecule has 2 saturated heterocycles. The zero-order chi connectivity index (χ0) is 15.7. The van der Waals surface area contributed by atoms with E-state index < -0.39 is 0 Å². The molecular formula is C13H20N6O3. The zero-order valence-electron chi connectivity index (χ0n) is 12.8. The average Bonchev–Trinajstić information content (AvgIpc) is 3.07. The van der Waals surface area contributed by atoms with Crippen molar-refractivity contribution < 1.29 is 14.3 Å². The van der Waals surface area contributed by atoms with Crippen LogP contribution >= 0.6 is 0 Å². The number of carbonyl (C=O) groups is 2. The molecule has 1 aromatic rings. The van der Waals surface area contributed by atoms with Gasteiger partial charge in [-0.2, -0.15) is 0 Å². The van der Waals surface area contributed by atoms with Crippen molar-refractivity contribution in [2.45, 2.75) is 44.8 Å². The molecule has 2 aliphatic heterocycles. The summed E-state index contributed by atoms with van der Waals surface area (Å²) < 4.78 is 6.57. The monoisotopic (exact) mass is 308 g/mol. The van der Waals surface area contributed by atoms with Gasteiger partial charge in [-0.1, -0.05) is 0 Å². The van der Waals surface area contributed by atoms with Gasteiger partial charge in [0.05, 0.1) is 5.54 Å². The molecule has 0 spiro atoms. The number of nitrogens with zero attached hydrogens (tertiary/aromatic N) is 6. The quantitative estimate of drug-likeness (QED) is 0.774. The Balaban J connectivity index is 1.56.